The van der Waals surface area contributed by atoms with Crippen molar-refractivity contribution in [3.8, 4) is 22.6 Å². The third kappa shape index (κ3) is 6.23. The topological polar surface area (TPSA) is 73.9 Å². The fraction of sp³-hybridized carbons (Fsp3) is 0.231. The number of hydrogen-bond donors (Lipinski definition) is 1. The Morgan fingerprint density at radius 3 is 2.52 bits per heavy atom. The lowest BCUT2D eigenvalue weighted by atomic mass is 10.0. The van der Waals surface area contributed by atoms with Gasteiger partial charge in [0, 0.05) is 22.6 Å². The molecule has 1 N–H and O–H groups in total. The zero-order valence-electron chi connectivity index (χ0n) is 18.9. The lowest BCUT2D eigenvalue weighted by Crippen LogP contribution is -2.12. The first-order chi connectivity index (χ1) is 16.1. The largest absolute Gasteiger partial charge is 0.497 e. The molecule has 0 aliphatic carbocycles. The molecule has 0 aliphatic heterocycles. The van der Waals surface area contributed by atoms with Crippen LogP contribution in [0.4, 0.5) is 5.00 Å². The zero-order chi connectivity index (χ0) is 23.6. The summed E-state index contributed by atoms with van der Waals surface area (Å²) in [6.07, 6.45) is 4.02. The second-order valence-electron chi connectivity index (χ2n) is 7.01. The van der Waals surface area contributed by atoms with Gasteiger partial charge in [0.05, 0.1) is 20.3 Å². The van der Waals surface area contributed by atoms with Crippen LogP contribution in [0.1, 0.15) is 36.2 Å². The molecule has 6 nitrogen and oxygen atoms in total. The van der Waals surface area contributed by atoms with Crippen LogP contribution in [-0.4, -0.2) is 32.2 Å². The van der Waals surface area contributed by atoms with Gasteiger partial charge < -0.3 is 19.5 Å². The van der Waals surface area contributed by atoms with Gasteiger partial charge in [-0.3, -0.25) is 4.79 Å². The van der Waals surface area contributed by atoms with Crippen LogP contribution in [0.3, 0.4) is 0 Å². The highest BCUT2D eigenvalue weighted by Crippen LogP contribution is 2.37. The minimum absolute atomic E-state index is 0.235. The van der Waals surface area contributed by atoms with Crippen LogP contribution >= 0.6 is 11.3 Å². The van der Waals surface area contributed by atoms with Crippen molar-refractivity contribution in [2.24, 2.45) is 0 Å². The van der Waals surface area contributed by atoms with Crippen LogP contribution in [0.2, 0.25) is 0 Å². The molecule has 2 aromatic carbocycles. The van der Waals surface area contributed by atoms with E-state index in [2.05, 4.69) is 5.32 Å². The van der Waals surface area contributed by atoms with Gasteiger partial charge in [0.15, 0.2) is 0 Å². The van der Waals surface area contributed by atoms with Gasteiger partial charge in [-0.05, 0) is 43.2 Å². The van der Waals surface area contributed by atoms with Crippen molar-refractivity contribution < 1.29 is 23.8 Å². The van der Waals surface area contributed by atoms with E-state index in [-0.39, 0.29) is 12.5 Å². The molecule has 1 aromatic heterocycles. The Hall–Kier alpha value is -3.58. The number of anilines is 1. The number of nitrogens with one attached hydrogen (secondary N) is 1. The Morgan fingerprint density at radius 2 is 1.82 bits per heavy atom. The summed E-state index contributed by atoms with van der Waals surface area (Å²) in [7, 11) is 1.60. The highest BCUT2D eigenvalue weighted by atomic mass is 32.1. The van der Waals surface area contributed by atoms with Gasteiger partial charge in [-0.25, -0.2) is 4.79 Å². The maximum atomic E-state index is 12.7. The van der Waals surface area contributed by atoms with Gasteiger partial charge >= 0.3 is 5.97 Å². The second-order valence-corrected chi connectivity index (χ2v) is 7.89. The number of carbonyl (C=O) groups is 2. The molecular formula is C26H27NO5S. The quantitative estimate of drug-likeness (QED) is 0.292. The maximum Gasteiger partial charge on any atom is 0.341 e. The Morgan fingerprint density at radius 1 is 1.06 bits per heavy atom. The van der Waals surface area contributed by atoms with E-state index < -0.39 is 5.97 Å². The highest BCUT2D eigenvalue weighted by molar-refractivity contribution is 7.15. The van der Waals surface area contributed by atoms with E-state index in [1.807, 2.05) is 60.8 Å². The summed E-state index contributed by atoms with van der Waals surface area (Å²) in [4.78, 5) is 25.4. The fourth-order valence-electron chi connectivity index (χ4n) is 3.12. The van der Waals surface area contributed by atoms with Crippen LogP contribution in [-0.2, 0) is 9.53 Å². The van der Waals surface area contributed by atoms with Gasteiger partial charge in [0.1, 0.15) is 22.1 Å². The Bertz CT molecular complexity index is 1120. The number of para-hydroxylation sites is 1. The summed E-state index contributed by atoms with van der Waals surface area (Å²) in [6, 6.07) is 14.9. The van der Waals surface area contributed by atoms with Crippen molar-refractivity contribution in [2.75, 3.05) is 25.6 Å². The van der Waals surface area contributed by atoms with E-state index in [4.69, 9.17) is 14.2 Å². The number of thiophene rings is 1. The molecule has 0 bridgehead atoms. The van der Waals surface area contributed by atoms with E-state index >= 15 is 0 Å². The predicted molar refractivity (Wildman–Crippen MR) is 132 cm³/mol. The summed E-state index contributed by atoms with van der Waals surface area (Å²) in [6.45, 7) is 4.62. The third-order valence-electron chi connectivity index (χ3n) is 4.70. The molecule has 0 aliphatic rings. The van der Waals surface area contributed by atoms with Crippen molar-refractivity contribution in [3.63, 3.8) is 0 Å². The van der Waals surface area contributed by atoms with Gasteiger partial charge in [-0.2, -0.15) is 0 Å². The SMILES string of the molecule is CCCOc1ccccc1C=CC(=O)Nc1scc(-c2ccc(OC)cc2)c1C(=O)OCC. The van der Waals surface area contributed by atoms with Crippen molar-refractivity contribution >= 4 is 34.3 Å². The normalized spacial score (nSPS) is 10.8. The number of rotatable bonds is 10. The van der Waals surface area contributed by atoms with Crippen molar-refractivity contribution in [3.05, 3.63) is 71.1 Å². The van der Waals surface area contributed by atoms with Crippen molar-refractivity contribution in [1.29, 1.82) is 0 Å². The summed E-state index contributed by atoms with van der Waals surface area (Å²) in [5, 5.41) is 5.09. The number of methoxy groups -OCH3 is 1. The molecule has 0 fully saturated rings. The molecule has 0 spiro atoms. The number of carbonyl (C=O) groups excluding carboxylic acids is 2. The van der Waals surface area contributed by atoms with Gasteiger partial charge in [0.25, 0.3) is 0 Å². The minimum Gasteiger partial charge on any atom is -0.497 e. The average molecular weight is 466 g/mol. The summed E-state index contributed by atoms with van der Waals surface area (Å²) < 4.78 is 16.2. The van der Waals surface area contributed by atoms with Crippen LogP contribution in [0, 0.1) is 0 Å². The molecule has 0 unspecified atom stereocenters. The number of benzene rings is 2. The van der Waals surface area contributed by atoms with Gasteiger partial charge in [-0.15, -0.1) is 11.3 Å². The fourth-order valence-corrected chi connectivity index (χ4v) is 4.08. The molecule has 3 rings (SSSR count). The number of hydrogen-bond acceptors (Lipinski definition) is 6. The first-order valence-electron chi connectivity index (χ1n) is 10.7. The Balaban J connectivity index is 1.84. The minimum atomic E-state index is -0.484. The molecule has 33 heavy (non-hydrogen) atoms. The van der Waals surface area contributed by atoms with Gasteiger partial charge in [0.2, 0.25) is 5.91 Å². The zero-order valence-corrected chi connectivity index (χ0v) is 19.7. The number of esters is 1. The van der Waals surface area contributed by atoms with Crippen LogP contribution < -0.4 is 14.8 Å². The van der Waals surface area contributed by atoms with Crippen LogP contribution in [0.25, 0.3) is 17.2 Å². The first kappa shape index (κ1) is 24.1. The Kier molecular flexibility index (Phi) is 8.66. The van der Waals surface area contributed by atoms with Crippen molar-refractivity contribution in [1.82, 2.24) is 0 Å². The molecule has 0 radical (unpaired) electrons. The number of amides is 1. The lowest BCUT2D eigenvalue weighted by molar-refractivity contribution is -0.111. The van der Waals surface area contributed by atoms with Crippen LogP contribution in [0.15, 0.2) is 60.0 Å². The summed E-state index contributed by atoms with van der Waals surface area (Å²) >= 11 is 1.28. The summed E-state index contributed by atoms with van der Waals surface area (Å²) in [5.41, 5.74) is 2.66. The molecule has 3 aromatic rings. The van der Waals surface area contributed by atoms with E-state index in [1.165, 1.54) is 17.4 Å². The van der Waals surface area contributed by atoms with Gasteiger partial charge in [-0.1, -0.05) is 37.3 Å². The molecule has 0 atom stereocenters. The van der Waals surface area contributed by atoms with E-state index in [0.29, 0.717) is 34.2 Å². The molecule has 7 heteroatoms. The Labute approximate surface area is 197 Å². The number of ether oxygens (including phenoxy) is 3. The van der Waals surface area contributed by atoms with E-state index in [1.54, 1.807) is 20.1 Å². The molecule has 1 heterocycles. The van der Waals surface area contributed by atoms with Crippen molar-refractivity contribution in [2.45, 2.75) is 20.3 Å². The maximum absolute atomic E-state index is 12.7. The second kappa shape index (κ2) is 11.9. The molecule has 1 amide bonds. The first-order valence-corrected chi connectivity index (χ1v) is 11.6. The monoisotopic (exact) mass is 465 g/mol. The molecule has 172 valence electrons. The lowest BCUT2D eigenvalue weighted by Gasteiger charge is -2.09. The highest BCUT2D eigenvalue weighted by Gasteiger charge is 2.22. The molecule has 0 saturated heterocycles. The van der Waals surface area contributed by atoms with E-state index in [9.17, 15) is 9.59 Å². The predicted octanol–water partition coefficient (Wildman–Crippen LogP) is 6.04. The summed E-state index contributed by atoms with van der Waals surface area (Å²) in [5.74, 6) is 0.596. The standard InChI is InChI=1S/C26H27NO5S/c1-4-16-32-22-9-7-6-8-19(22)12-15-23(28)27-25-24(26(29)31-5-2)21(17-33-25)18-10-13-20(30-3)14-11-18/h6-15,17H,4-5,16H2,1-3H3,(H,27,28). The van der Waals surface area contributed by atoms with Crippen LogP contribution in [0.5, 0.6) is 11.5 Å². The third-order valence-corrected chi connectivity index (χ3v) is 5.60. The molecular weight excluding hydrogens is 438 g/mol. The van der Waals surface area contributed by atoms with E-state index in [0.717, 1.165) is 17.5 Å². The molecule has 0 saturated carbocycles. The smallest absolute Gasteiger partial charge is 0.341 e. The average Bonchev–Trinajstić information content (AvgIpc) is 3.25.